The molecule has 0 saturated heterocycles. The highest BCUT2D eigenvalue weighted by Crippen LogP contribution is 2.26. The van der Waals surface area contributed by atoms with Gasteiger partial charge in [0.2, 0.25) is 0 Å². The second-order valence-corrected chi connectivity index (χ2v) is 5.58. The van der Waals surface area contributed by atoms with E-state index in [0.717, 1.165) is 42.1 Å². The Morgan fingerprint density at radius 1 is 1.41 bits per heavy atom. The molecule has 0 saturated carbocycles. The fourth-order valence-electron chi connectivity index (χ4n) is 1.43. The van der Waals surface area contributed by atoms with E-state index in [-0.39, 0.29) is 0 Å². The quantitative estimate of drug-likeness (QED) is 0.739. The summed E-state index contributed by atoms with van der Waals surface area (Å²) in [6.45, 7) is 4.79. The highest BCUT2D eigenvalue weighted by atomic mass is 79.9. The van der Waals surface area contributed by atoms with Crippen molar-refractivity contribution in [1.29, 1.82) is 0 Å². The van der Waals surface area contributed by atoms with Gasteiger partial charge in [-0.15, -0.1) is 0 Å². The summed E-state index contributed by atoms with van der Waals surface area (Å²) in [4.78, 5) is 0. The van der Waals surface area contributed by atoms with Gasteiger partial charge in [0, 0.05) is 6.54 Å². The molecule has 0 atom stereocenters. The molecule has 0 aliphatic heterocycles. The van der Waals surface area contributed by atoms with E-state index >= 15 is 0 Å². The lowest BCUT2D eigenvalue weighted by molar-refractivity contribution is 0.316. The van der Waals surface area contributed by atoms with Gasteiger partial charge in [0.25, 0.3) is 0 Å². The Hall–Kier alpha value is -0.190. The molecule has 0 aliphatic rings. The van der Waals surface area contributed by atoms with Crippen molar-refractivity contribution >= 4 is 27.7 Å². The first-order valence-corrected chi connectivity index (χ1v) is 8.07. The van der Waals surface area contributed by atoms with Gasteiger partial charge in [-0.25, -0.2) is 0 Å². The van der Waals surface area contributed by atoms with Crippen molar-refractivity contribution in [3.63, 3.8) is 0 Å². The summed E-state index contributed by atoms with van der Waals surface area (Å²) in [5.74, 6) is 2.09. The normalized spacial score (nSPS) is 10.5. The second kappa shape index (κ2) is 8.84. The fraction of sp³-hybridized carbons (Fsp3) is 0.538. The molecule has 0 spiro atoms. The highest BCUT2D eigenvalue weighted by Gasteiger charge is 2.02. The van der Waals surface area contributed by atoms with Crippen molar-refractivity contribution in [2.45, 2.75) is 19.9 Å². The number of hydrogen-bond donors (Lipinski definition) is 1. The summed E-state index contributed by atoms with van der Waals surface area (Å²) >= 11 is 5.40. The number of hydrogen-bond acceptors (Lipinski definition) is 3. The minimum Gasteiger partial charge on any atom is -0.492 e. The molecule has 0 unspecified atom stereocenters. The average Bonchev–Trinajstić information content (AvgIpc) is 2.34. The van der Waals surface area contributed by atoms with Crippen molar-refractivity contribution in [3.8, 4) is 5.75 Å². The van der Waals surface area contributed by atoms with Crippen LogP contribution in [0, 0.1) is 0 Å². The average molecular weight is 318 g/mol. The summed E-state index contributed by atoms with van der Waals surface area (Å²) in [5.41, 5.74) is 1.27. The van der Waals surface area contributed by atoms with E-state index in [1.165, 1.54) is 5.56 Å². The predicted octanol–water partition coefficient (Wildman–Crippen LogP) is 3.69. The van der Waals surface area contributed by atoms with Gasteiger partial charge in [-0.2, -0.15) is 11.8 Å². The molecule has 2 nitrogen and oxygen atoms in total. The number of nitrogens with one attached hydrogen (secondary N) is 1. The van der Waals surface area contributed by atoms with Crippen LogP contribution in [0.5, 0.6) is 5.75 Å². The molecule has 1 rings (SSSR count). The third-order valence-electron chi connectivity index (χ3n) is 2.33. The van der Waals surface area contributed by atoms with Crippen LogP contribution in [-0.4, -0.2) is 25.2 Å². The minimum absolute atomic E-state index is 0.784. The highest BCUT2D eigenvalue weighted by molar-refractivity contribution is 9.10. The molecule has 4 heteroatoms. The van der Waals surface area contributed by atoms with Gasteiger partial charge in [0.05, 0.1) is 11.1 Å². The Balaban J connectivity index is 2.45. The van der Waals surface area contributed by atoms with Crippen LogP contribution < -0.4 is 10.1 Å². The predicted molar refractivity (Wildman–Crippen MR) is 80.0 cm³/mol. The Labute approximate surface area is 117 Å². The van der Waals surface area contributed by atoms with E-state index in [0.29, 0.717) is 0 Å². The molecule has 0 heterocycles. The third kappa shape index (κ3) is 5.80. The zero-order valence-corrected chi connectivity index (χ0v) is 12.9. The van der Waals surface area contributed by atoms with E-state index in [1.807, 2.05) is 17.8 Å². The van der Waals surface area contributed by atoms with Gasteiger partial charge in [-0.1, -0.05) is 13.0 Å². The van der Waals surface area contributed by atoms with Crippen LogP contribution in [-0.2, 0) is 6.54 Å². The topological polar surface area (TPSA) is 21.3 Å². The summed E-state index contributed by atoms with van der Waals surface area (Å²) in [6.07, 6.45) is 3.21. The van der Waals surface area contributed by atoms with Gasteiger partial charge < -0.3 is 10.1 Å². The molecule has 0 aromatic heterocycles. The zero-order valence-electron chi connectivity index (χ0n) is 10.5. The number of thioether (sulfide) groups is 1. The smallest absolute Gasteiger partial charge is 0.133 e. The zero-order chi connectivity index (χ0) is 12.5. The van der Waals surface area contributed by atoms with Crippen molar-refractivity contribution in [2.75, 3.05) is 25.2 Å². The standard InChI is InChI=1S/C13H20BrNOS/c1-3-15-10-11-5-6-13(12(14)9-11)16-7-4-8-17-2/h5-6,9,15H,3-4,7-8,10H2,1-2H3. The van der Waals surface area contributed by atoms with E-state index < -0.39 is 0 Å². The lowest BCUT2D eigenvalue weighted by atomic mass is 10.2. The molecule has 0 fully saturated rings. The first-order chi connectivity index (χ1) is 8.27. The number of benzene rings is 1. The Morgan fingerprint density at radius 3 is 2.88 bits per heavy atom. The molecule has 1 aromatic rings. The molecule has 0 bridgehead atoms. The Morgan fingerprint density at radius 2 is 2.24 bits per heavy atom. The number of ether oxygens (including phenoxy) is 1. The molecular formula is C13H20BrNOS. The summed E-state index contributed by atoms with van der Waals surface area (Å²) in [5, 5.41) is 3.31. The lowest BCUT2D eigenvalue weighted by Crippen LogP contribution is -2.11. The van der Waals surface area contributed by atoms with Crippen molar-refractivity contribution < 1.29 is 4.74 Å². The molecule has 0 radical (unpaired) electrons. The van der Waals surface area contributed by atoms with Crippen molar-refractivity contribution in [1.82, 2.24) is 5.32 Å². The first-order valence-electron chi connectivity index (χ1n) is 5.88. The van der Waals surface area contributed by atoms with Crippen molar-refractivity contribution in [2.24, 2.45) is 0 Å². The van der Waals surface area contributed by atoms with Crippen LogP contribution in [0.15, 0.2) is 22.7 Å². The fourth-order valence-corrected chi connectivity index (χ4v) is 2.37. The molecule has 96 valence electrons. The molecule has 1 N–H and O–H groups in total. The molecule has 0 amide bonds. The SMILES string of the molecule is CCNCc1ccc(OCCCSC)c(Br)c1. The second-order valence-electron chi connectivity index (χ2n) is 3.74. The maximum atomic E-state index is 5.72. The number of rotatable bonds is 8. The Bertz CT molecular complexity index is 333. The van der Waals surface area contributed by atoms with Gasteiger partial charge in [0.15, 0.2) is 0 Å². The van der Waals surface area contributed by atoms with Crippen LogP contribution in [0.2, 0.25) is 0 Å². The van der Waals surface area contributed by atoms with Gasteiger partial charge in [-0.05, 0) is 58.6 Å². The van der Waals surface area contributed by atoms with Crippen LogP contribution in [0.3, 0.4) is 0 Å². The van der Waals surface area contributed by atoms with Crippen LogP contribution in [0.1, 0.15) is 18.9 Å². The van der Waals surface area contributed by atoms with E-state index in [1.54, 1.807) is 0 Å². The minimum atomic E-state index is 0.784. The van der Waals surface area contributed by atoms with E-state index in [9.17, 15) is 0 Å². The molecular weight excluding hydrogens is 298 g/mol. The van der Waals surface area contributed by atoms with Gasteiger partial charge in [0.1, 0.15) is 5.75 Å². The number of halogens is 1. The van der Waals surface area contributed by atoms with Gasteiger partial charge in [-0.3, -0.25) is 0 Å². The summed E-state index contributed by atoms with van der Waals surface area (Å²) < 4.78 is 6.76. The maximum Gasteiger partial charge on any atom is 0.133 e. The Kier molecular flexibility index (Phi) is 7.73. The summed E-state index contributed by atoms with van der Waals surface area (Å²) in [7, 11) is 0. The van der Waals surface area contributed by atoms with Gasteiger partial charge >= 0.3 is 0 Å². The maximum absolute atomic E-state index is 5.72. The monoisotopic (exact) mass is 317 g/mol. The van der Waals surface area contributed by atoms with Crippen LogP contribution in [0.25, 0.3) is 0 Å². The van der Waals surface area contributed by atoms with Crippen molar-refractivity contribution in [3.05, 3.63) is 28.2 Å². The summed E-state index contributed by atoms with van der Waals surface area (Å²) in [6, 6.07) is 6.26. The first kappa shape index (κ1) is 14.9. The van der Waals surface area contributed by atoms with E-state index in [2.05, 4.69) is 46.6 Å². The lowest BCUT2D eigenvalue weighted by Gasteiger charge is -2.09. The van der Waals surface area contributed by atoms with Crippen LogP contribution in [0.4, 0.5) is 0 Å². The molecule has 0 aliphatic carbocycles. The van der Waals surface area contributed by atoms with Crippen LogP contribution >= 0.6 is 27.7 Å². The molecule has 1 aromatic carbocycles. The van der Waals surface area contributed by atoms with E-state index in [4.69, 9.17) is 4.74 Å². The largest absolute Gasteiger partial charge is 0.492 e. The third-order valence-corrected chi connectivity index (χ3v) is 3.64. The molecule has 17 heavy (non-hydrogen) atoms.